The number of aromatic nitrogens is 3. The first-order valence-electron chi connectivity index (χ1n) is 5.50. The number of amides is 1. The van der Waals surface area contributed by atoms with Gasteiger partial charge < -0.3 is 10.1 Å². The number of H-pyrrole nitrogens is 1. The fourth-order valence-corrected chi connectivity index (χ4v) is 1.61. The van der Waals surface area contributed by atoms with Gasteiger partial charge in [-0.25, -0.2) is 14.8 Å². The van der Waals surface area contributed by atoms with E-state index >= 15 is 0 Å². The van der Waals surface area contributed by atoms with Gasteiger partial charge in [0, 0.05) is 24.9 Å². The average molecular weight is 260 g/mol. The van der Waals surface area contributed by atoms with Crippen LogP contribution in [0, 0.1) is 6.92 Å². The molecule has 7 nitrogen and oxygen atoms in total. The quantitative estimate of drug-likeness (QED) is 0.773. The number of hydrogen-bond acceptors (Lipinski definition) is 4. The molecule has 0 aliphatic heterocycles. The van der Waals surface area contributed by atoms with Crippen LogP contribution >= 0.6 is 0 Å². The minimum atomic E-state index is -1.04. The van der Waals surface area contributed by atoms with Gasteiger partial charge >= 0.3 is 5.97 Å². The Balaban J connectivity index is 2.42. The molecule has 0 spiro atoms. The number of nitrogens with zero attached hydrogens (tertiary/aromatic N) is 2. The van der Waals surface area contributed by atoms with Gasteiger partial charge in [0.25, 0.3) is 0 Å². The lowest BCUT2D eigenvalue weighted by atomic mass is 10.1. The highest BCUT2D eigenvalue weighted by atomic mass is 16.4. The Hall–Kier alpha value is -2.70. The number of aromatic amines is 1. The topological polar surface area (TPSA) is 108 Å². The third-order valence-electron chi connectivity index (χ3n) is 2.45. The number of aromatic carboxylic acids is 1. The molecule has 0 radical (unpaired) electrons. The first-order valence-corrected chi connectivity index (χ1v) is 5.50. The Morgan fingerprint density at radius 2 is 2.16 bits per heavy atom. The van der Waals surface area contributed by atoms with E-state index < -0.39 is 5.97 Å². The van der Waals surface area contributed by atoms with E-state index in [2.05, 4.69) is 20.3 Å². The molecule has 2 aromatic heterocycles. The monoisotopic (exact) mass is 260 g/mol. The number of aryl methyl sites for hydroxylation is 1. The predicted octanol–water partition coefficient (Wildman–Crippen LogP) is 1.44. The molecule has 0 atom stereocenters. The van der Waals surface area contributed by atoms with Crippen molar-refractivity contribution < 1.29 is 14.7 Å². The van der Waals surface area contributed by atoms with Crippen molar-refractivity contribution in [1.82, 2.24) is 15.0 Å². The van der Waals surface area contributed by atoms with E-state index in [0.717, 1.165) is 5.56 Å². The maximum absolute atomic E-state index is 11.0. The van der Waals surface area contributed by atoms with Crippen molar-refractivity contribution >= 4 is 17.8 Å². The molecule has 0 bridgehead atoms. The second-order valence-corrected chi connectivity index (χ2v) is 4.01. The third kappa shape index (κ3) is 2.76. The van der Waals surface area contributed by atoms with E-state index in [1.54, 1.807) is 19.3 Å². The summed E-state index contributed by atoms with van der Waals surface area (Å²) in [5.74, 6) is -1.12. The molecule has 98 valence electrons. The van der Waals surface area contributed by atoms with Crippen molar-refractivity contribution in [3.05, 3.63) is 29.7 Å². The number of carboxylic acid groups (broad SMARTS) is 1. The summed E-state index contributed by atoms with van der Waals surface area (Å²) in [4.78, 5) is 32.6. The molecule has 0 aliphatic rings. The maximum Gasteiger partial charge on any atom is 0.352 e. The van der Waals surface area contributed by atoms with E-state index in [1.165, 1.54) is 13.0 Å². The molecule has 3 N–H and O–H groups in total. The van der Waals surface area contributed by atoms with E-state index in [9.17, 15) is 9.59 Å². The van der Waals surface area contributed by atoms with Crippen molar-refractivity contribution in [3.63, 3.8) is 0 Å². The molecule has 0 saturated carbocycles. The van der Waals surface area contributed by atoms with Crippen LogP contribution in [0.15, 0.2) is 18.5 Å². The summed E-state index contributed by atoms with van der Waals surface area (Å²) >= 11 is 0. The van der Waals surface area contributed by atoms with Crippen molar-refractivity contribution in [2.45, 2.75) is 13.8 Å². The van der Waals surface area contributed by atoms with Crippen LogP contribution in [0.3, 0.4) is 0 Å². The van der Waals surface area contributed by atoms with Gasteiger partial charge in [0.2, 0.25) is 11.9 Å². The summed E-state index contributed by atoms with van der Waals surface area (Å²) in [6, 6.07) is 1.48. The highest BCUT2D eigenvalue weighted by Crippen LogP contribution is 2.22. The molecule has 2 heterocycles. The third-order valence-corrected chi connectivity index (χ3v) is 2.45. The van der Waals surface area contributed by atoms with E-state index in [1.807, 2.05) is 0 Å². The second kappa shape index (κ2) is 4.89. The lowest BCUT2D eigenvalue weighted by Crippen LogP contribution is -2.09. The van der Waals surface area contributed by atoms with E-state index in [4.69, 9.17) is 5.11 Å². The molecule has 0 unspecified atom stereocenters. The Kier molecular flexibility index (Phi) is 3.28. The Bertz CT molecular complexity index is 648. The fourth-order valence-electron chi connectivity index (χ4n) is 1.61. The van der Waals surface area contributed by atoms with Gasteiger partial charge in [-0.05, 0) is 18.6 Å². The molecule has 2 rings (SSSR count). The van der Waals surface area contributed by atoms with Crippen LogP contribution in [0.4, 0.5) is 5.95 Å². The maximum atomic E-state index is 11.0. The van der Waals surface area contributed by atoms with Crippen LogP contribution in [-0.2, 0) is 4.79 Å². The molecule has 2 aromatic rings. The SMILES string of the molecule is CC(=O)Nc1ncc(C)c(-c2c[nH]c(C(=O)O)c2)n1. The van der Waals surface area contributed by atoms with Crippen LogP contribution in [-0.4, -0.2) is 31.9 Å². The molecule has 0 aromatic carbocycles. The summed E-state index contributed by atoms with van der Waals surface area (Å²) in [7, 11) is 0. The smallest absolute Gasteiger partial charge is 0.352 e. The zero-order valence-electron chi connectivity index (χ0n) is 10.4. The Morgan fingerprint density at radius 3 is 2.74 bits per heavy atom. The highest BCUT2D eigenvalue weighted by molar-refractivity contribution is 5.88. The normalized spacial score (nSPS) is 10.2. The number of hydrogen-bond donors (Lipinski definition) is 3. The summed E-state index contributed by atoms with van der Waals surface area (Å²) < 4.78 is 0. The number of carbonyl (C=O) groups excluding carboxylic acids is 1. The number of carboxylic acids is 1. The van der Waals surface area contributed by atoms with Crippen LogP contribution < -0.4 is 5.32 Å². The van der Waals surface area contributed by atoms with E-state index in [-0.39, 0.29) is 17.5 Å². The van der Waals surface area contributed by atoms with Crippen molar-refractivity contribution in [2.75, 3.05) is 5.32 Å². The number of carbonyl (C=O) groups is 2. The zero-order valence-corrected chi connectivity index (χ0v) is 10.4. The first kappa shape index (κ1) is 12.7. The first-order chi connectivity index (χ1) is 8.97. The summed E-state index contributed by atoms with van der Waals surface area (Å²) in [6.07, 6.45) is 3.12. The summed E-state index contributed by atoms with van der Waals surface area (Å²) in [5.41, 5.74) is 2.06. The van der Waals surface area contributed by atoms with Gasteiger partial charge in [-0.3, -0.25) is 10.1 Å². The van der Waals surface area contributed by atoms with Gasteiger partial charge in [0.15, 0.2) is 0 Å². The van der Waals surface area contributed by atoms with Crippen LogP contribution in [0.5, 0.6) is 0 Å². The lowest BCUT2D eigenvalue weighted by molar-refractivity contribution is -0.114. The zero-order chi connectivity index (χ0) is 14.0. The van der Waals surface area contributed by atoms with Gasteiger partial charge in [-0.1, -0.05) is 0 Å². The van der Waals surface area contributed by atoms with E-state index in [0.29, 0.717) is 11.3 Å². The summed E-state index contributed by atoms with van der Waals surface area (Å²) in [6.45, 7) is 3.17. The van der Waals surface area contributed by atoms with Gasteiger partial charge in [0.1, 0.15) is 5.69 Å². The second-order valence-electron chi connectivity index (χ2n) is 4.01. The lowest BCUT2D eigenvalue weighted by Gasteiger charge is -2.05. The van der Waals surface area contributed by atoms with Crippen LogP contribution in [0.1, 0.15) is 23.0 Å². The van der Waals surface area contributed by atoms with Crippen molar-refractivity contribution in [1.29, 1.82) is 0 Å². The number of rotatable bonds is 3. The molecule has 0 fully saturated rings. The summed E-state index contributed by atoms with van der Waals surface area (Å²) in [5, 5.41) is 11.4. The molecule has 0 aliphatic carbocycles. The predicted molar refractivity (Wildman–Crippen MR) is 67.8 cm³/mol. The minimum absolute atomic E-state index is 0.0779. The largest absolute Gasteiger partial charge is 0.477 e. The van der Waals surface area contributed by atoms with Crippen molar-refractivity contribution in [2.24, 2.45) is 0 Å². The van der Waals surface area contributed by atoms with Crippen LogP contribution in [0.2, 0.25) is 0 Å². The Labute approximate surface area is 108 Å². The standard InChI is InChI=1S/C12H12N4O3/c1-6-4-14-12(15-7(2)17)16-10(6)8-3-9(11(18)19)13-5-8/h3-5,13H,1-2H3,(H,18,19)(H,14,15,16,17). The highest BCUT2D eigenvalue weighted by Gasteiger charge is 2.12. The molecule has 7 heteroatoms. The van der Waals surface area contributed by atoms with Crippen LogP contribution in [0.25, 0.3) is 11.3 Å². The van der Waals surface area contributed by atoms with Gasteiger partial charge in [-0.2, -0.15) is 0 Å². The number of nitrogens with one attached hydrogen (secondary N) is 2. The van der Waals surface area contributed by atoms with Gasteiger partial charge in [-0.15, -0.1) is 0 Å². The van der Waals surface area contributed by atoms with Crippen molar-refractivity contribution in [3.8, 4) is 11.3 Å². The molecular weight excluding hydrogens is 248 g/mol. The minimum Gasteiger partial charge on any atom is -0.477 e. The fraction of sp³-hybridized carbons (Fsp3) is 0.167. The molecular formula is C12H12N4O3. The van der Waals surface area contributed by atoms with Gasteiger partial charge in [0.05, 0.1) is 5.69 Å². The average Bonchev–Trinajstić information content (AvgIpc) is 2.80. The molecule has 19 heavy (non-hydrogen) atoms. The Morgan fingerprint density at radius 1 is 1.42 bits per heavy atom. The molecule has 1 amide bonds. The number of anilines is 1. The molecule has 0 saturated heterocycles.